The first-order valence-electron chi connectivity index (χ1n) is 4.89. The third-order valence-corrected chi connectivity index (χ3v) is 2.05. The summed E-state index contributed by atoms with van der Waals surface area (Å²) >= 11 is 0. The van der Waals surface area contributed by atoms with E-state index in [1.54, 1.807) is 6.08 Å². The van der Waals surface area contributed by atoms with Crippen LogP contribution < -0.4 is 4.74 Å². The molecule has 1 heteroatoms. The Hall–Kier alpha value is -1.24. The summed E-state index contributed by atoms with van der Waals surface area (Å²) < 4.78 is 5.59. The van der Waals surface area contributed by atoms with Gasteiger partial charge in [-0.25, -0.2) is 0 Å². The largest absolute Gasteiger partial charge is 0.489 e. The molecule has 0 saturated heterocycles. The molecule has 0 unspecified atom stereocenters. The molecule has 0 N–H and O–H groups in total. The summed E-state index contributed by atoms with van der Waals surface area (Å²) in [5, 5.41) is 0. The Labute approximate surface area is 86.4 Å². The first kappa shape index (κ1) is 10.8. The first-order chi connectivity index (χ1) is 6.55. The van der Waals surface area contributed by atoms with Gasteiger partial charge >= 0.3 is 0 Å². The van der Waals surface area contributed by atoms with Crippen LogP contribution in [-0.2, 0) is 5.41 Å². The van der Waals surface area contributed by atoms with E-state index in [1.165, 1.54) is 5.56 Å². The summed E-state index contributed by atoms with van der Waals surface area (Å²) in [5.41, 5.74) is 1.36. The predicted octanol–water partition coefficient (Wildman–Crippen LogP) is 3.55. The van der Waals surface area contributed by atoms with Crippen LogP contribution in [0.3, 0.4) is 0 Å². The topological polar surface area (TPSA) is 9.23 Å². The zero-order valence-electron chi connectivity index (χ0n) is 9.21. The van der Waals surface area contributed by atoms with Crippen LogP contribution in [0, 0.1) is 0 Å². The summed E-state index contributed by atoms with van der Waals surface area (Å²) in [4.78, 5) is 0. The molecule has 0 heterocycles. The highest BCUT2D eigenvalue weighted by Gasteiger charge is 2.17. The van der Waals surface area contributed by atoms with Gasteiger partial charge in [0.15, 0.2) is 0 Å². The molecule has 1 aromatic rings. The van der Waals surface area contributed by atoms with Crippen molar-refractivity contribution in [3.63, 3.8) is 0 Å². The minimum Gasteiger partial charge on any atom is -0.489 e. The lowest BCUT2D eigenvalue weighted by molar-refractivity contribution is 0.351. The van der Waals surface area contributed by atoms with Crippen molar-refractivity contribution >= 4 is 0 Å². The molecule has 0 bridgehead atoms. The smallest absolute Gasteiger partial charge is 0.123 e. The Morgan fingerprint density at radius 1 is 1.29 bits per heavy atom. The summed E-state index contributed by atoms with van der Waals surface area (Å²) in [6, 6.07) is 8.15. The molecule has 14 heavy (non-hydrogen) atoms. The van der Waals surface area contributed by atoms with Crippen molar-refractivity contribution < 1.29 is 4.74 Å². The Morgan fingerprint density at radius 2 is 1.93 bits per heavy atom. The normalized spacial score (nSPS) is 11.1. The van der Waals surface area contributed by atoms with E-state index in [4.69, 9.17) is 4.74 Å². The highest BCUT2D eigenvalue weighted by molar-refractivity contribution is 5.38. The molecular weight excluding hydrogens is 172 g/mol. The second-order valence-electron chi connectivity index (χ2n) is 4.35. The summed E-state index contributed by atoms with van der Waals surface area (Å²) in [6.07, 6.45) is 1.76. The van der Waals surface area contributed by atoms with Gasteiger partial charge in [0.1, 0.15) is 12.4 Å². The van der Waals surface area contributed by atoms with E-state index >= 15 is 0 Å². The quantitative estimate of drug-likeness (QED) is 0.662. The molecule has 1 nitrogen and oxygen atoms in total. The summed E-state index contributed by atoms with van der Waals surface area (Å²) in [6.45, 7) is 10.8. The van der Waals surface area contributed by atoms with Gasteiger partial charge < -0.3 is 4.74 Å². The van der Waals surface area contributed by atoms with Crippen LogP contribution in [0.1, 0.15) is 26.3 Å². The van der Waals surface area contributed by atoms with Crippen LogP contribution in [-0.4, -0.2) is 6.61 Å². The fourth-order valence-corrected chi connectivity index (χ4v) is 1.36. The number of hydrogen-bond acceptors (Lipinski definition) is 1. The van der Waals surface area contributed by atoms with Crippen LogP contribution in [0.2, 0.25) is 0 Å². The van der Waals surface area contributed by atoms with E-state index in [1.807, 2.05) is 18.2 Å². The Kier molecular flexibility index (Phi) is 3.34. The molecule has 0 aliphatic rings. The Bertz CT molecular complexity index is 307. The third-order valence-electron chi connectivity index (χ3n) is 2.05. The maximum Gasteiger partial charge on any atom is 0.123 e. The number of para-hydroxylation sites is 1. The third kappa shape index (κ3) is 2.63. The molecule has 1 rings (SSSR count). The second-order valence-corrected chi connectivity index (χ2v) is 4.35. The number of benzene rings is 1. The predicted molar refractivity (Wildman–Crippen MR) is 60.8 cm³/mol. The lowest BCUT2D eigenvalue weighted by Gasteiger charge is -2.22. The molecule has 0 atom stereocenters. The molecular formula is C13H18O. The zero-order chi connectivity index (χ0) is 10.6. The molecule has 0 saturated carbocycles. The van der Waals surface area contributed by atoms with Crippen LogP contribution >= 0.6 is 0 Å². The van der Waals surface area contributed by atoms with Crippen molar-refractivity contribution in [3.05, 3.63) is 42.5 Å². The zero-order valence-corrected chi connectivity index (χ0v) is 9.21. The maximum absolute atomic E-state index is 5.59. The van der Waals surface area contributed by atoms with Crippen molar-refractivity contribution in [2.75, 3.05) is 6.61 Å². The van der Waals surface area contributed by atoms with Gasteiger partial charge in [0, 0.05) is 0 Å². The van der Waals surface area contributed by atoms with Crippen LogP contribution in [0.5, 0.6) is 5.75 Å². The second kappa shape index (κ2) is 4.32. The molecule has 76 valence electrons. The van der Waals surface area contributed by atoms with Gasteiger partial charge in [0.25, 0.3) is 0 Å². The van der Waals surface area contributed by atoms with Crippen molar-refractivity contribution in [1.29, 1.82) is 0 Å². The molecule has 0 amide bonds. The SMILES string of the molecule is C=CCOc1ccccc1C(C)(C)C. The Balaban J connectivity index is 2.97. The first-order valence-corrected chi connectivity index (χ1v) is 4.89. The van der Waals surface area contributed by atoms with E-state index in [9.17, 15) is 0 Å². The van der Waals surface area contributed by atoms with Crippen LogP contribution in [0.4, 0.5) is 0 Å². The van der Waals surface area contributed by atoms with Crippen LogP contribution in [0.15, 0.2) is 36.9 Å². The molecule has 0 fully saturated rings. The van der Waals surface area contributed by atoms with E-state index in [2.05, 4.69) is 33.4 Å². The summed E-state index contributed by atoms with van der Waals surface area (Å²) in [5.74, 6) is 0.958. The minimum absolute atomic E-state index is 0.123. The highest BCUT2D eigenvalue weighted by atomic mass is 16.5. The van der Waals surface area contributed by atoms with Gasteiger partial charge in [0.2, 0.25) is 0 Å². The van der Waals surface area contributed by atoms with Gasteiger partial charge in [0.05, 0.1) is 0 Å². The van der Waals surface area contributed by atoms with Crippen molar-refractivity contribution in [3.8, 4) is 5.75 Å². The van der Waals surface area contributed by atoms with Crippen molar-refractivity contribution in [2.24, 2.45) is 0 Å². The van der Waals surface area contributed by atoms with E-state index in [-0.39, 0.29) is 5.41 Å². The highest BCUT2D eigenvalue weighted by Crippen LogP contribution is 2.30. The van der Waals surface area contributed by atoms with Crippen LogP contribution in [0.25, 0.3) is 0 Å². The fourth-order valence-electron chi connectivity index (χ4n) is 1.36. The lowest BCUT2D eigenvalue weighted by Crippen LogP contribution is -2.13. The minimum atomic E-state index is 0.123. The molecule has 0 aliphatic carbocycles. The molecule has 0 radical (unpaired) electrons. The summed E-state index contributed by atoms with van der Waals surface area (Å²) in [7, 11) is 0. The molecule has 1 aromatic carbocycles. The lowest BCUT2D eigenvalue weighted by atomic mass is 9.86. The number of rotatable bonds is 3. The standard InChI is InChI=1S/C13H18O/c1-5-10-14-12-9-7-6-8-11(12)13(2,3)4/h5-9H,1,10H2,2-4H3. The van der Waals surface area contributed by atoms with E-state index in [0.29, 0.717) is 6.61 Å². The van der Waals surface area contributed by atoms with E-state index < -0.39 is 0 Å². The van der Waals surface area contributed by atoms with Gasteiger partial charge in [-0.3, -0.25) is 0 Å². The van der Waals surface area contributed by atoms with Gasteiger partial charge in [-0.1, -0.05) is 51.6 Å². The van der Waals surface area contributed by atoms with Gasteiger partial charge in [-0.15, -0.1) is 0 Å². The molecule has 0 spiro atoms. The van der Waals surface area contributed by atoms with Crippen molar-refractivity contribution in [1.82, 2.24) is 0 Å². The van der Waals surface area contributed by atoms with Gasteiger partial charge in [-0.05, 0) is 17.0 Å². The van der Waals surface area contributed by atoms with Crippen molar-refractivity contribution in [2.45, 2.75) is 26.2 Å². The molecule has 0 aromatic heterocycles. The fraction of sp³-hybridized carbons (Fsp3) is 0.385. The van der Waals surface area contributed by atoms with Gasteiger partial charge in [-0.2, -0.15) is 0 Å². The average molecular weight is 190 g/mol. The maximum atomic E-state index is 5.59. The monoisotopic (exact) mass is 190 g/mol. The van der Waals surface area contributed by atoms with E-state index in [0.717, 1.165) is 5.75 Å². The number of ether oxygens (including phenoxy) is 1. The number of hydrogen-bond donors (Lipinski definition) is 0. The molecule has 0 aliphatic heterocycles. The average Bonchev–Trinajstić information content (AvgIpc) is 2.14. The Morgan fingerprint density at radius 3 is 2.50 bits per heavy atom.